The number of furan rings is 1. The summed E-state index contributed by atoms with van der Waals surface area (Å²) >= 11 is 1.44. The van der Waals surface area contributed by atoms with Crippen LogP contribution >= 0.6 is 11.8 Å². The van der Waals surface area contributed by atoms with Crippen molar-refractivity contribution >= 4 is 23.6 Å². The first kappa shape index (κ1) is 17.2. The number of hydrogen-bond acceptors (Lipinski definition) is 4. The molecule has 1 aliphatic heterocycles. The van der Waals surface area contributed by atoms with E-state index in [-0.39, 0.29) is 11.5 Å². The second kappa shape index (κ2) is 7.19. The van der Waals surface area contributed by atoms with Crippen LogP contribution in [-0.4, -0.2) is 35.0 Å². The number of nitrogens with zero attached hydrogens (tertiary/aromatic N) is 1. The molecule has 136 valence electrons. The lowest BCUT2D eigenvalue weighted by atomic mass is 10.0. The number of aromatic carboxylic acids is 1. The number of likely N-dealkylation sites (tertiary alicyclic amines) is 1. The van der Waals surface area contributed by atoms with E-state index in [2.05, 4.69) is 0 Å². The summed E-state index contributed by atoms with van der Waals surface area (Å²) in [6, 6.07) is 9.01. The molecule has 1 saturated heterocycles. The topological polar surface area (TPSA) is 70.7 Å². The highest BCUT2D eigenvalue weighted by molar-refractivity contribution is 7.98. The van der Waals surface area contributed by atoms with Gasteiger partial charge in [0.15, 0.2) is 0 Å². The normalized spacial score (nSPS) is 21.8. The van der Waals surface area contributed by atoms with Crippen LogP contribution in [0.5, 0.6) is 0 Å². The first-order chi connectivity index (χ1) is 12.6. The highest BCUT2D eigenvalue weighted by Crippen LogP contribution is 2.39. The lowest BCUT2D eigenvalue weighted by Gasteiger charge is -2.19. The Morgan fingerprint density at radius 3 is 2.58 bits per heavy atom. The molecule has 1 aromatic carbocycles. The van der Waals surface area contributed by atoms with E-state index in [0.29, 0.717) is 28.9 Å². The summed E-state index contributed by atoms with van der Waals surface area (Å²) in [5.41, 5.74) is 0.870. The Morgan fingerprint density at radius 2 is 1.85 bits per heavy atom. The lowest BCUT2D eigenvalue weighted by molar-refractivity contribution is 0.0694. The summed E-state index contributed by atoms with van der Waals surface area (Å²) in [5, 5.41) is 9.19. The predicted octanol–water partition coefficient (Wildman–Crippen LogP) is 4.14. The standard InChI is InChI=1S/C20H21NO4S/c22-19(21-10-13-4-3-5-14(13)11-21)16-6-1-2-7-18(16)26-12-17-15(20(23)24)8-9-25-17/h1-2,6-9,13-14H,3-5,10-12H2,(H,23,24). The molecule has 2 atom stereocenters. The van der Waals surface area contributed by atoms with E-state index < -0.39 is 5.97 Å². The maximum Gasteiger partial charge on any atom is 0.339 e. The van der Waals surface area contributed by atoms with Gasteiger partial charge < -0.3 is 14.4 Å². The molecule has 0 bridgehead atoms. The van der Waals surface area contributed by atoms with E-state index in [9.17, 15) is 14.7 Å². The van der Waals surface area contributed by atoms with Gasteiger partial charge in [-0.1, -0.05) is 18.6 Å². The van der Waals surface area contributed by atoms with E-state index >= 15 is 0 Å². The Kier molecular flexibility index (Phi) is 4.76. The van der Waals surface area contributed by atoms with Crippen LogP contribution in [0.4, 0.5) is 0 Å². The van der Waals surface area contributed by atoms with E-state index in [1.807, 2.05) is 29.2 Å². The number of rotatable bonds is 5. The van der Waals surface area contributed by atoms with Gasteiger partial charge in [-0.3, -0.25) is 4.79 Å². The van der Waals surface area contributed by atoms with Crippen molar-refractivity contribution in [3.63, 3.8) is 0 Å². The van der Waals surface area contributed by atoms with Crippen LogP contribution in [0.2, 0.25) is 0 Å². The quantitative estimate of drug-likeness (QED) is 0.800. The first-order valence-electron chi connectivity index (χ1n) is 8.94. The fourth-order valence-corrected chi connectivity index (χ4v) is 5.12. The molecule has 2 aliphatic rings. The average molecular weight is 371 g/mol. The van der Waals surface area contributed by atoms with Gasteiger partial charge in [0.2, 0.25) is 0 Å². The van der Waals surface area contributed by atoms with E-state index in [1.54, 1.807) is 0 Å². The number of hydrogen-bond donors (Lipinski definition) is 1. The SMILES string of the molecule is O=C(O)c1ccoc1CSc1ccccc1C(=O)N1CC2CCCC2C1. The molecule has 2 fully saturated rings. The van der Waals surface area contributed by atoms with E-state index in [4.69, 9.17) is 4.42 Å². The van der Waals surface area contributed by atoms with Gasteiger partial charge in [-0.15, -0.1) is 11.8 Å². The maximum atomic E-state index is 13.0. The summed E-state index contributed by atoms with van der Waals surface area (Å²) < 4.78 is 5.30. The number of amides is 1. The molecule has 6 heteroatoms. The van der Waals surface area contributed by atoms with Crippen molar-refractivity contribution in [3.05, 3.63) is 53.5 Å². The molecule has 2 aromatic rings. The van der Waals surface area contributed by atoms with Crippen LogP contribution < -0.4 is 0 Å². The molecule has 0 spiro atoms. The monoisotopic (exact) mass is 371 g/mol. The zero-order chi connectivity index (χ0) is 18.1. The number of carbonyl (C=O) groups excluding carboxylic acids is 1. The summed E-state index contributed by atoms with van der Waals surface area (Å²) in [5.74, 6) is 1.22. The second-order valence-electron chi connectivity index (χ2n) is 7.01. The van der Waals surface area contributed by atoms with Crippen LogP contribution in [-0.2, 0) is 5.75 Å². The Balaban J connectivity index is 1.49. The lowest BCUT2D eigenvalue weighted by Crippen LogP contribution is -2.29. The summed E-state index contributed by atoms with van der Waals surface area (Å²) in [6.07, 6.45) is 5.15. The molecule has 2 unspecified atom stereocenters. The Morgan fingerprint density at radius 1 is 1.12 bits per heavy atom. The molecule has 1 aromatic heterocycles. The minimum absolute atomic E-state index is 0.0837. The molecule has 2 heterocycles. The average Bonchev–Trinajstić information content (AvgIpc) is 3.34. The molecule has 1 N–H and O–H groups in total. The third kappa shape index (κ3) is 3.26. The van der Waals surface area contributed by atoms with Gasteiger partial charge in [0.25, 0.3) is 5.91 Å². The highest BCUT2D eigenvalue weighted by Gasteiger charge is 2.38. The largest absolute Gasteiger partial charge is 0.478 e. The molecule has 0 radical (unpaired) electrons. The van der Waals surface area contributed by atoms with Crippen LogP contribution in [0.3, 0.4) is 0 Å². The summed E-state index contributed by atoms with van der Waals surface area (Å²) in [6.45, 7) is 1.73. The molecule has 5 nitrogen and oxygen atoms in total. The van der Waals surface area contributed by atoms with Crippen molar-refractivity contribution in [2.45, 2.75) is 29.9 Å². The fourth-order valence-electron chi connectivity index (χ4n) is 4.13. The number of thioether (sulfide) groups is 1. The van der Waals surface area contributed by atoms with E-state index in [1.165, 1.54) is 43.4 Å². The number of fused-ring (bicyclic) bond motifs is 1. The van der Waals surface area contributed by atoms with Gasteiger partial charge in [0.1, 0.15) is 11.3 Å². The van der Waals surface area contributed by atoms with Crippen LogP contribution in [0.15, 0.2) is 45.9 Å². The van der Waals surface area contributed by atoms with Gasteiger partial charge in [0, 0.05) is 18.0 Å². The molecule has 1 aliphatic carbocycles. The smallest absolute Gasteiger partial charge is 0.339 e. The molecular weight excluding hydrogens is 350 g/mol. The maximum absolute atomic E-state index is 13.0. The summed E-state index contributed by atoms with van der Waals surface area (Å²) in [4.78, 5) is 27.1. The number of carbonyl (C=O) groups is 2. The molecular formula is C20H21NO4S. The van der Waals surface area contributed by atoms with Crippen LogP contribution in [0.25, 0.3) is 0 Å². The zero-order valence-corrected chi connectivity index (χ0v) is 15.2. The number of benzene rings is 1. The Bertz CT molecular complexity index is 819. The minimum Gasteiger partial charge on any atom is -0.478 e. The molecule has 1 amide bonds. The summed E-state index contributed by atoms with van der Waals surface area (Å²) in [7, 11) is 0. The third-order valence-electron chi connectivity index (χ3n) is 5.47. The van der Waals surface area contributed by atoms with Crippen molar-refractivity contribution in [1.29, 1.82) is 0 Å². The van der Waals surface area contributed by atoms with Gasteiger partial charge in [-0.2, -0.15) is 0 Å². The number of carboxylic acid groups (broad SMARTS) is 1. The predicted molar refractivity (Wildman–Crippen MR) is 98.4 cm³/mol. The van der Waals surface area contributed by atoms with Crippen molar-refractivity contribution in [1.82, 2.24) is 4.90 Å². The van der Waals surface area contributed by atoms with Gasteiger partial charge in [-0.25, -0.2) is 4.79 Å². The third-order valence-corrected chi connectivity index (χ3v) is 6.54. The molecule has 4 rings (SSSR count). The fraction of sp³-hybridized carbons (Fsp3) is 0.400. The Labute approximate surface area is 156 Å². The highest BCUT2D eigenvalue weighted by atomic mass is 32.2. The van der Waals surface area contributed by atoms with Crippen molar-refractivity contribution in [3.8, 4) is 0 Å². The second-order valence-corrected chi connectivity index (χ2v) is 8.03. The Hall–Kier alpha value is -2.21. The zero-order valence-electron chi connectivity index (χ0n) is 14.4. The number of carboxylic acids is 1. The minimum atomic E-state index is -0.998. The molecule has 1 saturated carbocycles. The van der Waals surface area contributed by atoms with Gasteiger partial charge in [0.05, 0.1) is 17.6 Å². The van der Waals surface area contributed by atoms with Gasteiger partial charge >= 0.3 is 5.97 Å². The van der Waals surface area contributed by atoms with Gasteiger partial charge in [-0.05, 0) is 42.9 Å². The van der Waals surface area contributed by atoms with Crippen LogP contribution in [0.1, 0.15) is 45.7 Å². The van der Waals surface area contributed by atoms with Crippen molar-refractivity contribution < 1.29 is 19.1 Å². The first-order valence-corrected chi connectivity index (χ1v) is 9.93. The van der Waals surface area contributed by atoms with Crippen molar-refractivity contribution in [2.75, 3.05) is 13.1 Å². The van der Waals surface area contributed by atoms with Crippen molar-refractivity contribution in [2.24, 2.45) is 11.8 Å². The van der Waals surface area contributed by atoms with E-state index in [0.717, 1.165) is 18.0 Å². The van der Waals surface area contributed by atoms with Crippen LogP contribution in [0, 0.1) is 11.8 Å². The molecule has 26 heavy (non-hydrogen) atoms.